The predicted molar refractivity (Wildman–Crippen MR) is 79.3 cm³/mol. The summed E-state index contributed by atoms with van der Waals surface area (Å²) in [6, 6.07) is 6.78. The molecule has 1 N–H and O–H groups in total. The van der Waals surface area contributed by atoms with E-state index in [0.29, 0.717) is 5.56 Å². The third-order valence-corrected chi connectivity index (χ3v) is 5.37. The van der Waals surface area contributed by atoms with Crippen LogP contribution in [0, 0.1) is 6.92 Å². The second-order valence-corrected chi connectivity index (χ2v) is 8.46. The van der Waals surface area contributed by atoms with Crippen molar-refractivity contribution in [3.8, 4) is 0 Å². The van der Waals surface area contributed by atoms with Crippen molar-refractivity contribution in [2.75, 3.05) is 4.72 Å². The molecule has 1 aromatic carbocycles. The van der Waals surface area contributed by atoms with Crippen LogP contribution in [-0.4, -0.2) is 21.8 Å². The Balaban J connectivity index is 2.37. The van der Waals surface area contributed by atoms with Crippen LogP contribution in [0.3, 0.4) is 0 Å². The highest BCUT2D eigenvalue weighted by atomic mass is 35.7. The van der Waals surface area contributed by atoms with Gasteiger partial charge < -0.3 is 0 Å². The maximum atomic E-state index is 12.1. The van der Waals surface area contributed by atoms with Gasteiger partial charge >= 0.3 is 0 Å². The van der Waals surface area contributed by atoms with E-state index in [4.69, 9.17) is 10.7 Å². The Labute approximate surface area is 127 Å². The van der Waals surface area contributed by atoms with Gasteiger partial charge in [-0.05, 0) is 42.8 Å². The normalized spacial score (nSPS) is 12.1. The van der Waals surface area contributed by atoms with Gasteiger partial charge in [-0.25, -0.2) is 16.8 Å². The Morgan fingerprint density at radius 1 is 1.10 bits per heavy atom. The average Bonchev–Trinajstić information content (AvgIpc) is 2.41. The lowest BCUT2D eigenvalue weighted by molar-refractivity contribution is 0.600. The minimum Gasteiger partial charge on any atom is -0.279 e. The van der Waals surface area contributed by atoms with Crippen molar-refractivity contribution in [1.29, 1.82) is 0 Å². The van der Waals surface area contributed by atoms with E-state index in [9.17, 15) is 16.8 Å². The topological polar surface area (TPSA) is 93.2 Å². The van der Waals surface area contributed by atoms with E-state index >= 15 is 0 Å². The standard InChI is InChI=1S/C12H11ClN2O4S2/c1-9-7-10(20(13,16)17)4-5-12(9)15-21(18,19)11-3-2-6-14-8-11/h2-8,15H,1H3. The third-order valence-electron chi connectivity index (χ3n) is 2.67. The van der Waals surface area contributed by atoms with Crippen LogP contribution in [0.4, 0.5) is 5.69 Å². The molecule has 21 heavy (non-hydrogen) atoms. The van der Waals surface area contributed by atoms with Crippen molar-refractivity contribution < 1.29 is 16.8 Å². The van der Waals surface area contributed by atoms with Gasteiger partial charge in [0.1, 0.15) is 4.90 Å². The van der Waals surface area contributed by atoms with Crippen molar-refractivity contribution in [2.45, 2.75) is 16.7 Å². The third kappa shape index (κ3) is 3.72. The van der Waals surface area contributed by atoms with E-state index in [-0.39, 0.29) is 15.5 Å². The first-order chi connectivity index (χ1) is 9.70. The highest BCUT2D eigenvalue weighted by Crippen LogP contribution is 2.24. The molecule has 0 spiro atoms. The zero-order valence-electron chi connectivity index (χ0n) is 10.8. The number of nitrogens with one attached hydrogen (secondary N) is 1. The van der Waals surface area contributed by atoms with Gasteiger partial charge in [0.05, 0.1) is 10.6 Å². The van der Waals surface area contributed by atoms with Gasteiger partial charge in [-0.2, -0.15) is 0 Å². The Morgan fingerprint density at radius 2 is 1.81 bits per heavy atom. The van der Waals surface area contributed by atoms with Gasteiger partial charge in [0, 0.05) is 23.1 Å². The van der Waals surface area contributed by atoms with E-state index in [1.807, 2.05) is 0 Å². The molecule has 9 heteroatoms. The van der Waals surface area contributed by atoms with Crippen molar-refractivity contribution >= 4 is 35.4 Å². The minimum atomic E-state index is -3.85. The molecule has 0 aliphatic carbocycles. The van der Waals surface area contributed by atoms with E-state index in [0.717, 1.165) is 0 Å². The SMILES string of the molecule is Cc1cc(S(=O)(=O)Cl)ccc1NS(=O)(=O)c1cccnc1. The summed E-state index contributed by atoms with van der Waals surface area (Å²) in [5, 5.41) is 0. The number of halogens is 1. The molecular formula is C12H11ClN2O4S2. The van der Waals surface area contributed by atoms with Crippen molar-refractivity contribution in [3.05, 3.63) is 48.3 Å². The zero-order chi connectivity index (χ0) is 15.7. The number of hydrogen-bond donors (Lipinski definition) is 1. The molecular weight excluding hydrogens is 336 g/mol. The average molecular weight is 347 g/mol. The molecule has 0 fully saturated rings. The second-order valence-electron chi connectivity index (χ2n) is 4.21. The zero-order valence-corrected chi connectivity index (χ0v) is 13.2. The molecule has 1 aromatic heterocycles. The summed E-state index contributed by atoms with van der Waals surface area (Å²) in [6.45, 7) is 1.58. The van der Waals surface area contributed by atoms with Crippen LogP contribution in [0.1, 0.15) is 5.56 Å². The molecule has 2 rings (SSSR count). The number of rotatable bonds is 4. The summed E-state index contributed by atoms with van der Waals surface area (Å²) in [6.07, 6.45) is 2.68. The van der Waals surface area contributed by atoms with Gasteiger partial charge in [0.15, 0.2) is 0 Å². The second kappa shape index (κ2) is 5.63. The maximum Gasteiger partial charge on any atom is 0.263 e. The fourth-order valence-corrected chi connectivity index (χ4v) is 3.54. The van der Waals surface area contributed by atoms with Gasteiger partial charge in [0.25, 0.3) is 19.1 Å². The van der Waals surface area contributed by atoms with Crippen LogP contribution in [0.5, 0.6) is 0 Å². The Hall–Kier alpha value is -1.64. The summed E-state index contributed by atoms with van der Waals surface area (Å²) < 4.78 is 49.1. The van der Waals surface area contributed by atoms with E-state index in [2.05, 4.69) is 9.71 Å². The molecule has 0 amide bonds. The molecule has 0 saturated carbocycles. The first-order valence-corrected chi connectivity index (χ1v) is 9.47. The number of benzene rings is 1. The highest BCUT2D eigenvalue weighted by molar-refractivity contribution is 8.13. The number of hydrogen-bond acceptors (Lipinski definition) is 5. The van der Waals surface area contributed by atoms with Crippen LogP contribution in [0.15, 0.2) is 52.5 Å². The fraction of sp³-hybridized carbons (Fsp3) is 0.0833. The number of sulfonamides is 1. The molecule has 112 valence electrons. The maximum absolute atomic E-state index is 12.1. The minimum absolute atomic E-state index is 0.0124. The quantitative estimate of drug-likeness (QED) is 0.856. The van der Waals surface area contributed by atoms with Crippen molar-refractivity contribution in [2.24, 2.45) is 0 Å². The molecule has 0 bridgehead atoms. The summed E-state index contributed by atoms with van der Waals surface area (Å²) in [7, 11) is -2.39. The van der Waals surface area contributed by atoms with Crippen molar-refractivity contribution in [1.82, 2.24) is 4.98 Å². The first-order valence-electron chi connectivity index (χ1n) is 5.68. The molecule has 2 aromatic rings. The molecule has 0 atom stereocenters. The summed E-state index contributed by atoms with van der Waals surface area (Å²) >= 11 is 0. The number of aromatic nitrogens is 1. The van der Waals surface area contributed by atoms with Gasteiger partial charge in [-0.1, -0.05) is 0 Å². The largest absolute Gasteiger partial charge is 0.279 e. The van der Waals surface area contributed by atoms with Gasteiger partial charge in [0.2, 0.25) is 0 Å². The van der Waals surface area contributed by atoms with Crippen LogP contribution in [0.25, 0.3) is 0 Å². The van der Waals surface area contributed by atoms with Gasteiger partial charge in [-0.3, -0.25) is 9.71 Å². The lowest BCUT2D eigenvalue weighted by Crippen LogP contribution is -2.14. The summed E-state index contributed by atoms with van der Waals surface area (Å²) in [5.41, 5.74) is 0.701. The monoisotopic (exact) mass is 346 g/mol. The summed E-state index contributed by atoms with van der Waals surface area (Å²) in [4.78, 5) is 3.67. The molecule has 0 radical (unpaired) electrons. The van der Waals surface area contributed by atoms with Crippen LogP contribution < -0.4 is 4.72 Å². The Kier molecular flexibility index (Phi) is 4.22. The fourth-order valence-electron chi connectivity index (χ4n) is 1.61. The highest BCUT2D eigenvalue weighted by Gasteiger charge is 2.17. The smallest absolute Gasteiger partial charge is 0.263 e. The molecule has 0 saturated heterocycles. The van der Waals surface area contributed by atoms with E-state index < -0.39 is 19.1 Å². The number of aryl methyl sites for hydroxylation is 1. The Morgan fingerprint density at radius 3 is 2.33 bits per heavy atom. The molecule has 1 heterocycles. The van der Waals surface area contributed by atoms with Crippen LogP contribution in [-0.2, 0) is 19.1 Å². The van der Waals surface area contributed by atoms with Crippen LogP contribution >= 0.6 is 10.7 Å². The summed E-state index contributed by atoms with van der Waals surface area (Å²) in [5.74, 6) is 0. The molecule has 6 nitrogen and oxygen atoms in total. The Bertz CT molecular complexity index is 865. The van der Waals surface area contributed by atoms with Crippen molar-refractivity contribution in [3.63, 3.8) is 0 Å². The van der Waals surface area contributed by atoms with E-state index in [1.54, 1.807) is 6.92 Å². The van der Waals surface area contributed by atoms with Gasteiger partial charge in [-0.15, -0.1) is 0 Å². The molecule has 0 unspecified atom stereocenters. The number of nitrogens with zero attached hydrogens (tertiary/aromatic N) is 1. The number of anilines is 1. The first kappa shape index (κ1) is 15.7. The lowest BCUT2D eigenvalue weighted by Gasteiger charge is -2.11. The lowest BCUT2D eigenvalue weighted by atomic mass is 10.2. The number of pyridine rings is 1. The van der Waals surface area contributed by atoms with Crippen LogP contribution in [0.2, 0.25) is 0 Å². The van der Waals surface area contributed by atoms with E-state index in [1.165, 1.54) is 42.7 Å². The predicted octanol–water partition coefficient (Wildman–Crippen LogP) is 2.12. The molecule has 0 aliphatic heterocycles. The molecule has 0 aliphatic rings.